The third kappa shape index (κ3) is 2.87. The number of benzene rings is 2. The molecule has 0 amide bonds. The Morgan fingerprint density at radius 1 is 1.17 bits per heavy atom. The van der Waals surface area contributed by atoms with Crippen LogP contribution < -0.4 is 4.74 Å². The lowest BCUT2D eigenvalue weighted by atomic mass is 9.99. The molecule has 0 spiro atoms. The summed E-state index contributed by atoms with van der Waals surface area (Å²) < 4.78 is 7.70. The minimum atomic E-state index is -0.933. The predicted octanol–water partition coefficient (Wildman–Crippen LogP) is 4.58. The first-order valence-electron chi connectivity index (χ1n) is 8.01. The Bertz CT molecular complexity index is 879. The molecule has 1 aromatic heterocycles. The molecule has 0 fully saturated rings. The van der Waals surface area contributed by atoms with Gasteiger partial charge < -0.3 is 14.4 Å². The number of rotatable bonds is 5. The van der Waals surface area contributed by atoms with Crippen molar-refractivity contribution in [1.29, 1.82) is 0 Å². The zero-order chi connectivity index (χ0) is 17.3. The highest BCUT2D eigenvalue weighted by molar-refractivity contribution is 5.98. The van der Waals surface area contributed by atoms with Gasteiger partial charge in [0.2, 0.25) is 0 Å². The van der Waals surface area contributed by atoms with Gasteiger partial charge >= 0.3 is 5.97 Å². The van der Waals surface area contributed by atoms with Gasteiger partial charge in [-0.05, 0) is 29.2 Å². The van der Waals surface area contributed by atoms with Crippen LogP contribution in [0.3, 0.4) is 0 Å². The maximum absolute atomic E-state index is 11.5. The van der Waals surface area contributed by atoms with Crippen LogP contribution >= 0.6 is 0 Å². The molecule has 3 aromatic rings. The lowest BCUT2D eigenvalue weighted by Gasteiger charge is -2.13. The predicted molar refractivity (Wildman–Crippen MR) is 94.7 cm³/mol. The Kier molecular flexibility index (Phi) is 4.30. The van der Waals surface area contributed by atoms with E-state index in [0.29, 0.717) is 18.3 Å². The molecule has 0 unspecified atom stereocenters. The van der Waals surface area contributed by atoms with Gasteiger partial charge in [-0.25, -0.2) is 4.79 Å². The number of carboxylic acid groups (broad SMARTS) is 1. The summed E-state index contributed by atoms with van der Waals surface area (Å²) in [5.41, 5.74) is 3.30. The molecule has 24 heavy (non-hydrogen) atoms. The fourth-order valence-corrected chi connectivity index (χ4v) is 3.02. The van der Waals surface area contributed by atoms with Crippen molar-refractivity contribution in [1.82, 2.24) is 4.57 Å². The molecule has 2 aromatic carbocycles. The van der Waals surface area contributed by atoms with Crippen LogP contribution in [0.5, 0.6) is 5.75 Å². The topological polar surface area (TPSA) is 51.5 Å². The normalized spacial score (nSPS) is 11.2. The third-order valence-electron chi connectivity index (χ3n) is 4.27. The molecule has 1 N–H and O–H groups in total. The maximum Gasteiger partial charge on any atom is 0.352 e. The Morgan fingerprint density at radius 2 is 1.88 bits per heavy atom. The monoisotopic (exact) mass is 323 g/mol. The molecule has 0 atom stereocenters. The zero-order valence-electron chi connectivity index (χ0n) is 14.1. The van der Waals surface area contributed by atoms with Gasteiger partial charge in [-0.15, -0.1) is 0 Å². The van der Waals surface area contributed by atoms with Gasteiger partial charge in [0.05, 0.1) is 5.52 Å². The Labute approximate surface area is 141 Å². The van der Waals surface area contributed by atoms with Crippen LogP contribution in [0.2, 0.25) is 0 Å². The van der Waals surface area contributed by atoms with Crippen LogP contribution in [0.4, 0.5) is 0 Å². The lowest BCUT2D eigenvalue weighted by Crippen LogP contribution is -2.05. The number of hydrogen-bond acceptors (Lipinski definition) is 2. The van der Waals surface area contributed by atoms with E-state index in [0.717, 1.165) is 22.0 Å². The number of nitrogens with zero attached hydrogens (tertiary/aromatic N) is 1. The second kappa shape index (κ2) is 6.40. The summed E-state index contributed by atoms with van der Waals surface area (Å²) in [5, 5.41) is 10.4. The molecular weight excluding hydrogens is 302 g/mol. The number of fused-ring (bicyclic) bond motifs is 1. The standard InChI is InChI=1S/C20H21NO3/c1-13(2)15-9-10-18(24-12-14-7-5-4-6-8-14)19-16(15)11-17(20(22)23)21(19)3/h4-11,13H,12H2,1-3H3,(H,22,23). The SMILES string of the molecule is CC(C)c1ccc(OCc2ccccc2)c2c1cc(C(=O)O)n2C. The minimum absolute atomic E-state index is 0.266. The molecule has 124 valence electrons. The number of carbonyl (C=O) groups is 1. The molecule has 4 heteroatoms. The van der Waals surface area contributed by atoms with Crippen LogP contribution in [0, 0.1) is 0 Å². The molecule has 0 bridgehead atoms. The van der Waals surface area contributed by atoms with Crippen molar-refractivity contribution in [2.24, 2.45) is 7.05 Å². The number of ether oxygens (including phenoxy) is 1. The summed E-state index contributed by atoms with van der Waals surface area (Å²) in [4.78, 5) is 11.5. The van der Waals surface area contributed by atoms with E-state index in [1.54, 1.807) is 17.7 Å². The third-order valence-corrected chi connectivity index (χ3v) is 4.27. The lowest BCUT2D eigenvalue weighted by molar-refractivity contribution is 0.0687. The Morgan fingerprint density at radius 3 is 2.50 bits per heavy atom. The van der Waals surface area contributed by atoms with Crippen molar-refractivity contribution in [3.8, 4) is 5.75 Å². The molecule has 0 aliphatic heterocycles. The van der Waals surface area contributed by atoms with Crippen LogP contribution in [-0.2, 0) is 13.7 Å². The molecule has 0 aliphatic rings. The number of carboxylic acids is 1. The molecular formula is C20H21NO3. The summed E-state index contributed by atoms with van der Waals surface area (Å²) in [5.74, 6) is 0.0744. The van der Waals surface area contributed by atoms with Crippen molar-refractivity contribution in [2.45, 2.75) is 26.4 Å². The summed E-state index contributed by atoms with van der Waals surface area (Å²) in [6.07, 6.45) is 0. The highest BCUT2D eigenvalue weighted by Crippen LogP contribution is 2.34. The second-order valence-corrected chi connectivity index (χ2v) is 6.24. The van der Waals surface area contributed by atoms with Crippen molar-refractivity contribution >= 4 is 16.9 Å². The van der Waals surface area contributed by atoms with Crippen LogP contribution in [0.1, 0.15) is 41.4 Å². The maximum atomic E-state index is 11.5. The second-order valence-electron chi connectivity index (χ2n) is 6.24. The van der Waals surface area contributed by atoms with E-state index in [2.05, 4.69) is 13.8 Å². The van der Waals surface area contributed by atoms with Crippen molar-refractivity contribution in [2.75, 3.05) is 0 Å². The molecule has 0 aliphatic carbocycles. The zero-order valence-corrected chi connectivity index (χ0v) is 14.1. The van der Waals surface area contributed by atoms with E-state index in [-0.39, 0.29) is 5.69 Å². The van der Waals surface area contributed by atoms with Gasteiger partial charge in [0.25, 0.3) is 0 Å². The summed E-state index contributed by atoms with van der Waals surface area (Å²) in [6, 6.07) is 15.6. The van der Waals surface area contributed by atoms with E-state index in [9.17, 15) is 9.90 Å². The van der Waals surface area contributed by atoms with E-state index < -0.39 is 5.97 Å². The van der Waals surface area contributed by atoms with E-state index in [1.165, 1.54) is 0 Å². The summed E-state index contributed by atoms with van der Waals surface area (Å²) >= 11 is 0. The van der Waals surface area contributed by atoms with Crippen LogP contribution in [0.15, 0.2) is 48.5 Å². The largest absolute Gasteiger partial charge is 0.487 e. The highest BCUT2D eigenvalue weighted by Gasteiger charge is 2.19. The minimum Gasteiger partial charge on any atom is -0.487 e. The van der Waals surface area contributed by atoms with Gasteiger partial charge in [-0.2, -0.15) is 0 Å². The Balaban J connectivity index is 2.08. The molecule has 0 saturated heterocycles. The quantitative estimate of drug-likeness (QED) is 0.748. The van der Waals surface area contributed by atoms with Gasteiger partial charge in [-0.1, -0.05) is 50.2 Å². The average molecular weight is 323 g/mol. The molecule has 1 heterocycles. The number of aromatic nitrogens is 1. The first-order chi connectivity index (χ1) is 11.5. The Hall–Kier alpha value is -2.75. The van der Waals surface area contributed by atoms with Gasteiger partial charge in [0.1, 0.15) is 18.1 Å². The van der Waals surface area contributed by atoms with Gasteiger partial charge in [-0.3, -0.25) is 0 Å². The number of hydrogen-bond donors (Lipinski definition) is 1. The molecule has 4 nitrogen and oxygen atoms in total. The smallest absolute Gasteiger partial charge is 0.352 e. The first kappa shape index (κ1) is 16.1. The average Bonchev–Trinajstić information content (AvgIpc) is 2.91. The van der Waals surface area contributed by atoms with E-state index in [1.807, 2.05) is 42.5 Å². The number of aryl methyl sites for hydroxylation is 1. The van der Waals surface area contributed by atoms with E-state index in [4.69, 9.17) is 4.74 Å². The first-order valence-corrected chi connectivity index (χ1v) is 8.01. The van der Waals surface area contributed by atoms with Gasteiger partial charge in [0, 0.05) is 12.4 Å². The van der Waals surface area contributed by atoms with Crippen molar-refractivity contribution in [3.63, 3.8) is 0 Å². The fraction of sp³-hybridized carbons (Fsp3) is 0.250. The van der Waals surface area contributed by atoms with Crippen LogP contribution in [0.25, 0.3) is 10.9 Å². The molecule has 0 radical (unpaired) electrons. The van der Waals surface area contributed by atoms with E-state index >= 15 is 0 Å². The summed E-state index contributed by atoms with van der Waals surface area (Å²) in [6.45, 7) is 4.66. The van der Waals surface area contributed by atoms with Crippen molar-refractivity contribution < 1.29 is 14.6 Å². The molecule has 0 saturated carbocycles. The summed E-state index contributed by atoms with van der Waals surface area (Å²) in [7, 11) is 1.77. The molecule has 3 rings (SSSR count). The van der Waals surface area contributed by atoms with Crippen molar-refractivity contribution in [3.05, 3.63) is 65.4 Å². The number of aromatic carboxylic acids is 1. The van der Waals surface area contributed by atoms with Gasteiger partial charge in [0.15, 0.2) is 0 Å². The fourth-order valence-electron chi connectivity index (χ4n) is 3.02. The highest BCUT2D eigenvalue weighted by atomic mass is 16.5. The van der Waals surface area contributed by atoms with Crippen LogP contribution in [-0.4, -0.2) is 15.6 Å².